The van der Waals surface area contributed by atoms with E-state index in [-0.39, 0.29) is 11.9 Å². The number of hydrogen-bond donors (Lipinski definition) is 1. The van der Waals surface area contributed by atoms with Gasteiger partial charge in [0.2, 0.25) is 5.75 Å². The average molecular weight is 413 g/mol. The number of ether oxygens (including phenoxy) is 3. The zero-order chi connectivity index (χ0) is 21.7. The topological polar surface area (TPSA) is 60.0 Å². The molecule has 30 heavy (non-hydrogen) atoms. The normalized spacial score (nSPS) is 15.1. The summed E-state index contributed by atoms with van der Waals surface area (Å²) in [5.41, 5.74) is 2.45. The first-order valence-electron chi connectivity index (χ1n) is 10.4. The quantitative estimate of drug-likeness (QED) is 0.745. The molecule has 0 aliphatic carbocycles. The summed E-state index contributed by atoms with van der Waals surface area (Å²) in [4.78, 5) is 15.3. The third-order valence-corrected chi connectivity index (χ3v) is 5.72. The van der Waals surface area contributed by atoms with Crippen LogP contribution in [0.3, 0.4) is 0 Å². The van der Waals surface area contributed by atoms with Crippen LogP contribution in [0.4, 0.5) is 0 Å². The highest BCUT2D eigenvalue weighted by Crippen LogP contribution is 2.41. The van der Waals surface area contributed by atoms with Crippen molar-refractivity contribution >= 4 is 5.91 Å². The fourth-order valence-electron chi connectivity index (χ4n) is 3.92. The standard InChI is InChI=1S/C24H32N2O4/c1-16(2)26-11-9-20(10-12-26)25-24(27)18-8-6-7-17(13-18)19-14-21(28-3)23(30-5)22(15-19)29-4/h6-8,13-16,20H,9-12H2,1-5H3,(H,25,27). The van der Waals surface area contributed by atoms with E-state index in [0.29, 0.717) is 28.9 Å². The van der Waals surface area contributed by atoms with Gasteiger partial charge in [-0.1, -0.05) is 12.1 Å². The molecule has 2 aromatic rings. The van der Waals surface area contributed by atoms with Crippen LogP contribution in [0.15, 0.2) is 36.4 Å². The second kappa shape index (κ2) is 9.85. The summed E-state index contributed by atoms with van der Waals surface area (Å²) in [5.74, 6) is 1.68. The SMILES string of the molecule is COc1cc(-c2cccc(C(=O)NC3CCN(C(C)C)CC3)c2)cc(OC)c1OC. The van der Waals surface area contributed by atoms with E-state index in [2.05, 4.69) is 24.1 Å². The Morgan fingerprint density at radius 1 is 0.967 bits per heavy atom. The number of carbonyl (C=O) groups is 1. The lowest BCUT2D eigenvalue weighted by atomic mass is 10.0. The Hall–Kier alpha value is -2.73. The van der Waals surface area contributed by atoms with Crippen LogP contribution in [0, 0.1) is 0 Å². The van der Waals surface area contributed by atoms with Crippen molar-refractivity contribution in [2.24, 2.45) is 0 Å². The van der Waals surface area contributed by atoms with Gasteiger partial charge in [-0.15, -0.1) is 0 Å². The molecule has 6 heteroatoms. The van der Waals surface area contributed by atoms with Crippen molar-refractivity contribution in [3.05, 3.63) is 42.0 Å². The van der Waals surface area contributed by atoms with Gasteiger partial charge in [0.05, 0.1) is 21.3 Å². The molecule has 0 unspecified atom stereocenters. The summed E-state index contributed by atoms with van der Waals surface area (Å²) in [6.45, 7) is 6.48. The Morgan fingerprint density at radius 3 is 2.13 bits per heavy atom. The van der Waals surface area contributed by atoms with Gasteiger partial charge in [-0.2, -0.15) is 0 Å². The molecule has 1 amide bonds. The first-order valence-corrected chi connectivity index (χ1v) is 10.4. The molecule has 1 saturated heterocycles. The van der Waals surface area contributed by atoms with E-state index in [4.69, 9.17) is 14.2 Å². The molecule has 1 aliphatic heterocycles. The Kier molecular flexibility index (Phi) is 7.21. The second-order valence-corrected chi connectivity index (χ2v) is 7.87. The maximum Gasteiger partial charge on any atom is 0.251 e. The van der Waals surface area contributed by atoms with Gasteiger partial charge in [-0.25, -0.2) is 0 Å². The van der Waals surface area contributed by atoms with Crippen molar-refractivity contribution in [1.82, 2.24) is 10.2 Å². The summed E-state index contributed by atoms with van der Waals surface area (Å²) in [7, 11) is 4.77. The highest BCUT2D eigenvalue weighted by Gasteiger charge is 2.22. The number of rotatable bonds is 7. The minimum atomic E-state index is -0.0349. The van der Waals surface area contributed by atoms with Crippen LogP contribution in [0.5, 0.6) is 17.2 Å². The molecule has 2 aromatic carbocycles. The first kappa shape index (κ1) is 22.0. The zero-order valence-electron chi connectivity index (χ0n) is 18.5. The Balaban J connectivity index is 1.77. The largest absolute Gasteiger partial charge is 0.493 e. The Labute approximate surface area is 179 Å². The zero-order valence-corrected chi connectivity index (χ0v) is 18.5. The highest BCUT2D eigenvalue weighted by molar-refractivity contribution is 5.95. The third-order valence-electron chi connectivity index (χ3n) is 5.72. The molecule has 0 spiro atoms. The lowest BCUT2D eigenvalue weighted by Gasteiger charge is -2.34. The van der Waals surface area contributed by atoms with Crippen LogP contribution in [-0.2, 0) is 0 Å². The van der Waals surface area contributed by atoms with E-state index >= 15 is 0 Å². The number of methoxy groups -OCH3 is 3. The summed E-state index contributed by atoms with van der Waals surface area (Å²) in [6.07, 6.45) is 1.97. The lowest BCUT2D eigenvalue weighted by molar-refractivity contribution is 0.0900. The van der Waals surface area contributed by atoms with Crippen molar-refractivity contribution in [3.63, 3.8) is 0 Å². The van der Waals surface area contributed by atoms with Gasteiger partial charge < -0.3 is 24.4 Å². The first-order chi connectivity index (χ1) is 14.5. The molecule has 6 nitrogen and oxygen atoms in total. The van der Waals surface area contributed by atoms with Crippen molar-refractivity contribution < 1.29 is 19.0 Å². The highest BCUT2D eigenvalue weighted by atomic mass is 16.5. The number of amides is 1. The van der Waals surface area contributed by atoms with E-state index < -0.39 is 0 Å². The van der Waals surface area contributed by atoms with Crippen molar-refractivity contribution in [3.8, 4) is 28.4 Å². The molecule has 0 bridgehead atoms. The van der Waals surface area contributed by atoms with Crippen LogP contribution in [0.25, 0.3) is 11.1 Å². The van der Waals surface area contributed by atoms with Gasteiger partial charge in [0.15, 0.2) is 11.5 Å². The Morgan fingerprint density at radius 2 is 1.60 bits per heavy atom. The van der Waals surface area contributed by atoms with Crippen molar-refractivity contribution in [2.75, 3.05) is 34.4 Å². The number of likely N-dealkylation sites (tertiary alicyclic amines) is 1. The number of carbonyl (C=O) groups excluding carboxylic acids is 1. The molecule has 3 rings (SSSR count). The van der Waals surface area contributed by atoms with Crippen LogP contribution >= 0.6 is 0 Å². The Bertz CT molecular complexity index is 848. The van der Waals surface area contributed by atoms with E-state index in [0.717, 1.165) is 37.1 Å². The molecule has 1 fully saturated rings. The summed E-state index contributed by atoms with van der Waals surface area (Å²) < 4.78 is 16.3. The van der Waals surface area contributed by atoms with Gasteiger partial charge in [0.25, 0.3) is 5.91 Å². The number of benzene rings is 2. The van der Waals surface area contributed by atoms with Gasteiger partial charge in [-0.05, 0) is 62.1 Å². The molecule has 0 aromatic heterocycles. The average Bonchev–Trinajstić information content (AvgIpc) is 2.78. The van der Waals surface area contributed by atoms with E-state index in [9.17, 15) is 4.79 Å². The van der Waals surface area contributed by atoms with Gasteiger partial charge in [0, 0.05) is 30.7 Å². The third kappa shape index (κ3) is 4.87. The minimum Gasteiger partial charge on any atom is -0.493 e. The maximum absolute atomic E-state index is 12.9. The number of hydrogen-bond acceptors (Lipinski definition) is 5. The number of nitrogens with zero attached hydrogens (tertiary/aromatic N) is 1. The maximum atomic E-state index is 12.9. The van der Waals surface area contributed by atoms with Crippen molar-refractivity contribution in [2.45, 2.75) is 38.8 Å². The van der Waals surface area contributed by atoms with E-state index in [1.54, 1.807) is 21.3 Å². The molecule has 162 valence electrons. The smallest absolute Gasteiger partial charge is 0.251 e. The molecule has 1 heterocycles. The molecule has 1 N–H and O–H groups in total. The predicted octanol–water partition coefficient (Wildman–Crippen LogP) is 3.98. The minimum absolute atomic E-state index is 0.0349. The summed E-state index contributed by atoms with van der Waals surface area (Å²) >= 11 is 0. The number of piperidine rings is 1. The predicted molar refractivity (Wildman–Crippen MR) is 119 cm³/mol. The van der Waals surface area contributed by atoms with Crippen LogP contribution in [0.2, 0.25) is 0 Å². The molecular formula is C24H32N2O4. The van der Waals surface area contributed by atoms with Crippen LogP contribution < -0.4 is 19.5 Å². The molecular weight excluding hydrogens is 380 g/mol. The van der Waals surface area contributed by atoms with Crippen LogP contribution in [-0.4, -0.2) is 57.3 Å². The molecule has 0 saturated carbocycles. The fourth-order valence-corrected chi connectivity index (χ4v) is 3.92. The van der Waals surface area contributed by atoms with Gasteiger partial charge >= 0.3 is 0 Å². The molecule has 0 atom stereocenters. The van der Waals surface area contributed by atoms with Gasteiger partial charge in [-0.3, -0.25) is 4.79 Å². The monoisotopic (exact) mass is 412 g/mol. The fraction of sp³-hybridized carbons (Fsp3) is 0.458. The van der Waals surface area contributed by atoms with Gasteiger partial charge in [0.1, 0.15) is 0 Å². The molecule has 0 radical (unpaired) electrons. The van der Waals surface area contributed by atoms with E-state index in [1.807, 2.05) is 36.4 Å². The second-order valence-electron chi connectivity index (χ2n) is 7.87. The van der Waals surface area contributed by atoms with E-state index in [1.165, 1.54) is 0 Å². The summed E-state index contributed by atoms with van der Waals surface area (Å²) in [6, 6.07) is 12.2. The molecule has 1 aliphatic rings. The lowest BCUT2D eigenvalue weighted by Crippen LogP contribution is -2.46. The van der Waals surface area contributed by atoms with Crippen LogP contribution in [0.1, 0.15) is 37.0 Å². The summed E-state index contributed by atoms with van der Waals surface area (Å²) in [5, 5.41) is 3.20. The number of nitrogens with one attached hydrogen (secondary N) is 1. The van der Waals surface area contributed by atoms with Crippen molar-refractivity contribution in [1.29, 1.82) is 0 Å².